The summed E-state index contributed by atoms with van der Waals surface area (Å²) in [6.07, 6.45) is 1.62. The van der Waals surface area contributed by atoms with E-state index in [0.717, 1.165) is 12.8 Å². The third-order valence-electron chi connectivity index (χ3n) is 4.19. The molecule has 1 aliphatic rings. The van der Waals surface area contributed by atoms with E-state index in [-0.39, 0.29) is 23.6 Å². The lowest BCUT2D eigenvalue weighted by Gasteiger charge is -2.32. The van der Waals surface area contributed by atoms with Gasteiger partial charge in [0.25, 0.3) is 5.91 Å². The van der Waals surface area contributed by atoms with Crippen molar-refractivity contribution >= 4 is 23.4 Å². The lowest BCUT2D eigenvalue weighted by molar-refractivity contribution is -0.126. The van der Waals surface area contributed by atoms with Crippen LogP contribution >= 0.6 is 0 Å². The number of hydrogen-bond acceptors (Lipinski definition) is 3. The molecule has 2 rings (SSSR count). The van der Waals surface area contributed by atoms with Gasteiger partial charge in [0, 0.05) is 37.8 Å². The van der Waals surface area contributed by atoms with Crippen LogP contribution in [0.15, 0.2) is 24.3 Å². The second kappa shape index (κ2) is 8.65. The van der Waals surface area contributed by atoms with Crippen molar-refractivity contribution < 1.29 is 14.4 Å². The van der Waals surface area contributed by atoms with E-state index < -0.39 is 0 Å². The second-order valence-electron chi connectivity index (χ2n) is 6.99. The normalized spacial score (nSPS) is 17.3. The Balaban J connectivity index is 2.01. The Labute approximate surface area is 149 Å². The van der Waals surface area contributed by atoms with Crippen molar-refractivity contribution in [1.82, 2.24) is 10.2 Å². The number of nitrogens with one attached hydrogen (secondary N) is 2. The molecule has 0 radical (unpaired) electrons. The lowest BCUT2D eigenvalue weighted by Crippen LogP contribution is -2.46. The first-order valence-corrected chi connectivity index (χ1v) is 8.81. The molecular weight excluding hydrogens is 318 g/mol. The van der Waals surface area contributed by atoms with Crippen molar-refractivity contribution in [3.63, 3.8) is 0 Å². The molecule has 0 saturated carbocycles. The third kappa shape index (κ3) is 5.59. The third-order valence-corrected chi connectivity index (χ3v) is 4.19. The van der Waals surface area contributed by atoms with Gasteiger partial charge in [-0.3, -0.25) is 14.4 Å². The quantitative estimate of drug-likeness (QED) is 0.859. The van der Waals surface area contributed by atoms with Crippen molar-refractivity contribution in [1.29, 1.82) is 0 Å². The molecule has 1 fully saturated rings. The van der Waals surface area contributed by atoms with Gasteiger partial charge in [-0.05, 0) is 37.0 Å². The fourth-order valence-electron chi connectivity index (χ4n) is 2.94. The molecule has 1 heterocycles. The molecule has 1 atom stereocenters. The highest BCUT2D eigenvalue weighted by Gasteiger charge is 2.28. The van der Waals surface area contributed by atoms with Crippen LogP contribution in [0.2, 0.25) is 0 Å². The van der Waals surface area contributed by atoms with Crippen LogP contribution in [-0.2, 0) is 9.59 Å². The van der Waals surface area contributed by atoms with E-state index in [1.54, 1.807) is 29.2 Å². The number of carbonyl (C=O) groups excluding carboxylic acids is 3. The largest absolute Gasteiger partial charge is 0.356 e. The number of likely N-dealkylation sites (tertiary alicyclic amines) is 1. The van der Waals surface area contributed by atoms with Gasteiger partial charge in [0.15, 0.2) is 0 Å². The van der Waals surface area contributed by atoms with E-state index in [0.29, 0.717) is 36.8 Å². The molecule has 1 aliphatic heterocycles. The number of amides is 3. The molecule has 25 heavy (non-hydrogen) atoms. The Morgan fingerprint density at radius 2 is 2.04 bits per heavy atom. The smallest absolute Gasteiger partial charge is 0.253 e. The maximum atomic E-state index is 12.8. The average Bonchev–Trinajstić information content (AvgIpc) is 2.58. The van der Waals surface area contributed by atoms with Gasteiger partial charge >= 0.3 is 0 Å². The Hall–Kier alpha value is -2.37. The minimum atomic E-state index is -0.176. The van der Waals surface area contributed by atoms with Gasteiger partial charge in [0.1, 0.15) is 0 Å². The fourth-order valence-corrected chi connectivity index (χ4v) is 2.94. The van der Waals surface area contributed by atoms with Gasteiger partial charge in [-0.15, -0.1) is 0 Å². The van der Waals surface area contributed by atoms with Crippen molar-refractivity contribution in [2.75, 3.05) is 25.0 Å². The van der Waals surface area contributed by atoms with Crippen LogP contribution in [0.1, 0.15) is 44.0 Å². The van der Waals surface area contributed by atoms with Crippen molar-refractivity contribution in [2.45, 2.75) is 33.6 Å². The highest BCUT2D eigenvalue weighted by atomic mass is 16.2. The molecule has 0 aromatic heterocycles. The molecule has 1 saturated heterocycles. The van der Waals surface area contributed by atoms with Crippen molar-refractivity contribution in [3.05, 3.63) is 29.8 Å². The molecule has 1 aromatic rings. The Morgan fingerprint density at radius 1 is 1.28 bits per heavy atom. The van der Waals surface area contributed by atoms with Gasteiger partial charge in [0.05, 0.1) is 5.92 Å². The summed E-state index contributed by atoms with van der Waals surface area (Å²) in [6.45, 7) is 7.28. The summed E-state index contributed by atoms with van der Waals surface area (Å²) in [5, 5.41) is 5.64. The molecule has 0 bridgehead atoms. The predicted octanol–water partition coefficient (Wildman–Crippen LogP) is 2.27. The van der Waals surface area contributed by atoms with Gasteiger partial charge in [-0.2, -0.15) is 0 Å². The minimum absolute atomic E-state index is 0.0261. The Kier molecular flexibility index (Phi) is 6.56. The predicted molar refractivity (Wildman–Crippen MR) is 97.2 cm³/mol. The van der Waals surface area contributed by atoms with Gasteiger partial charge in [0.2, 0.25) is 11.8 Å². The van der Waals surface area contributed by atoms with E-state index in [1.807, 2.05) is 0 Å². The number of nitrogens with zero attached hydrogens (tertiary/aromatic N) is 1. The summed E-state index contributed by atoms with van der Waals surface area (Å²) in [5.74, 6) is -0.00649. The summed E-state index contributed by atoms with van der Waals surface area (Å²) >= 11 is 0. The zero-order valence-electron chi connectivity index (χ0n) is 15.2. The van der Waals surface area contributed by atoms with E-state index in [4.69, 9.17) is 0 Å². The zero-order chi connectivity index (χ0) is 18.4. The van der Waals surface area contributed by atoms with Gasteiger partial charge in [-0.1, -0.05) is 19.9 Å². The van der Waals surface area contributed by atoms with Crippen LogP contribution in [0, 0.1) is 11.8 Å². The Morgan fingerprint density at radius 3 is 2.72 bits per heavy atom. The van der Waals surface area contributed by atoms with E-state index >= 15 is 0 Å². The molecule has 2 N–H and O–H groups in total. The van der Waals surface area contributed by atoms with Crippen molar-refractivity contribution in [3.8, 4) is 0 Å². The summed E-state index contributed by atoms with van der Waals surface area (Å²) in [4.78, 5) is 37.9. The standard InChI is InChI=1S/C19H27N3O3/c1-13(2)11-20-18(24)16-7-5-9-22(12-16)19(25)15-6-4-8-17(10-15)21-14(3)23/h4,6,8,10,13,16H,5,7,9,11-12H2,1-3H3,(H,20,24)(H,21,23)/t16-/m1/s1. The number of benzene rings is 1. The van der Waals surface area contributed by atoms with Crippen LogP contribution < -0.4 is 10.6 Å². The maximum absolute atomic E-state index is 12.8. The monoisotopic (exact) mass is 345 g/mol. The number of anilines is 1. The minimum Gasteiger partial charge on any atom is -0.356 e. The highest BCUT2D eigenvalue weighted by molar-refractivity contribution is 5.97. The van der Waals surface area contributed by atoms with Crippen LogP contribution in [0.3, 0.4) is 0 Å². The van der Waals surface area contributed by atoms with E-state index in [9.17, 15) is 14.4 Å². The molecule has 136 valence electrons. The van der Waals surface area contributed by atoms with E-state index in [1.165, 1.54) is 6.92 Å². The molecule has 0 aliphatic carbocycles. The summed E-state index contributed by atoms with van der Waals surface area (Å²) in [7, 11) is 0. The summed E-state index contributed by atoms with van der Waals surface area (Å²) < 4.78 is 0. The lowest BCUT2D eigenvalue weighted by atomic mass is 9.96. The number of carbonyl (C=O) groups is 3. The van der Waals surface area contributed by atoms with Crippen LogP contribution in [0.25, 0.3) is 0 Å². The van der Waals surface area contributed by atoms with Gasteiger partial charge in [-0.25, -0.2) is 0 Å². The second-order valence-corrected chi connectivity index (χ2v) is 6.99. The Bertz CT molecular complexity index is 643. The molecule has 6 heteroatoms. The molecule has 1 aromatic carbocycles. The fraction of sp³-hybridized carbons (Fsp3) is 0.526. The number of piperidine rings is 1. The number of hydrogen-bond donors (Lipinski definition) is 2. The van der Waals surface area contributed by atoms with Crippen LogP contribution in [0.4, 0.5) is 5.69 Å². The molecule has 0 unspecified atom stereocenters. The van der Waals surface area contributed by atoms with Crippen molar-refractivity contribution in [2.24, 2.45) is 11.8 Å². The molecule has 3 amide bonds. The van der Waals surface area contributed by atoms with Crippen LogP contribution in [0.5, 0.6) is 0 Å². The SMILES string of the molecule is CC(=O)Nc1cccc(C(=O)N2CCC[C@@H](C(=O)NCC(C)C)C2)c1. The molecule has 6 nitrogen and oxygen atoms in total. The molecule has 0 spiro atoms. The topological polar surface area (TPSA) is 78.5 Å². The number of rotatable bonds is 5. The highest BCUT2D eigenvalue weighted by Crippen LogP contribution is 2.20. The molecular formula is C19H27N3O3. The average molecular weight is 345 g/mol. The first-order chi connectivity index (χ1) is 11.9. The van der Waals surface area contributed by atoms with E-state index in [2.05, 4.69) is 24.5 Å². The van der Waals surface area contributed by atoms with Gasteiger partial charge < -0.3 is 15.5 Å². The summed E-state index contributed by atoms with van der Waals surface area (Å²) in [6, 6.07) is 6.90. The maximum Gasteiger partial charge on any atom is 0.253 e. The first kappa shape index (κ1) is 19.0. The summed E-state index contributed by atoms with van der Waals surface area (Å²) in [5.41, 5.74) is 1.12. The first-order valence-electron chi connectivity index (χ1n) is 8.81. The van der Waals surface area contributed by atoms with Crippen LogP contribution in [-0.4, -0.2) is 42.3 Å². The zero-order valence-corrected chi connectivity index (χ0v) is 15.2.